The number of hydrogen-bond acceptors (Lipinski definition) is 3. The van der Waals surface area contributed by atoms with E-state index in [1.54, 1.807) is 5.57 Å². The predicted molar refractivity (Wildman–Crippen MR) is 103 cm³/mol. The Morgan fingerprint density at radius 2 is 2.16 bits per heavy atom. The summed E-state index contributed by atoms with van der Waals surface area (Å²) in [4.78, 5) is 4.86. The zero-order valence-corrected chi connectivity index (χ0v) is 15.6. The lowest BCUT2D eigenvalue weighted by atomic mass is 9.67. The molecule has 1 saturated carbocycles. The molecule has 0 aromatic carbocycles. The molecule has 3 aliphatic carbocycles. The van der Waals surface area contributed by atoms with E-state index in [2.05, 4.69) is 26.0 Å². The first-order valence-corrected chi connectivity index (χ1v) is 9.73. The van der Waals surface area contributed by atoms with E-state index in [1.165, 1.54) is 25.7 Å². The molecule has 0 radical (unpaired) electrons. The highest BCUT2D eigenvalue weighted by Gasteiger charge is 2.43. The molecule has 3 nitrogen and oxygen atoms in total. The summed E-state index contributed by atoms with van der Waals surface area (Å²) in [6.07, 6.45) is 17.9. The Balaban J connectivity index is 1.60. The highest BCUT2D eigenvalue weighted by atomic mass is 16.5. The lowest BCUT2D eigenvalue weighted by molar-refractivity contribution is 0.0303. The molecule has 134 valence electrons. The lowest BCUT2D eigenvalue weighted by Crippen LogP contribution is -2.44. The Morgan fingerprint density at radius 1 is 1.32 bits per heavy atom. The highest BCUT2D eigenvalue weighted by Crippen LogP contribution is 2.46. The van der Waals surface area contributed by atoms with Crippen LogP contribution in [0.4, 0.5) is 0 Å². The third-order valence-electron chi connectivity index (χ3n) is 6.30. The summed E-state index contributed by atoms with van der Waals surface area (Å²) in [5.74, 6) is 3.06. The Morgan fingerprint density at radius 3 is 2.92 bits per heavy atom. The maximum atomic E-state index is 6.54. The van der Waals surface area contributed by atoms with Crippen molar-refractivity contribution in [1.82, 2.24) is 0 Å². The smallest absolute Gasteiger partial charge is 0.147 e. The van der Waals surface area contributed by atoms with E-state index in [9.17, 15) is 0 Å². The average molecular weight is 338 g/mol. The van der Waals surface area contributed by atoms with Gasteiger partial charge in [-0.2, -0.15) is 0 Å². The summed E-state index contributed by atoms with van der Waals surface area (Å²) in [7, 11) is 0. The summed E-state index contributed by atoms with van der Waals surface area (Å²) in [5.41, 5.74) is 8.50. The van der Waals surface area contributed by atoms with Crippen LogP contribution in [0.15, 0.2) is 52.4 Å². The number of nitrogens with two attached hydrogens (primary N) is 1. The van der Waals surface area contributed by atoms with Crippen molar-refractivity contribution in [1.29, 1.82) is 0 Å². The summed E-state index contributed by atoms with van der Waals surface area (Å²) in [6, 6.07) is -0.0299. The Bertz CT molecular complexity index is 699. The van der Waals surface area contributed by atoms with Crippen LogP contribution in [0.2, 0.25) is 0 Å². The van der Waals surface area contributed by atoms with Crippen LogP contribution in [0.25, 0.3) is 0 Å². The molecule has 1 aliphatic heterocycles. The molecule has 6 atom stereocenters. The first-order valence-electron chi connectivity index (χ1n) is 9.73. The van der Waals surface area contributed by atoms with Crippen molar-refractivity contribution in [3.8, 4) is 0 Å². The third-order valence-corrected chi connectivity index (χ3v) is 6.30. The summed E-state index contributed by atoms with van der Waals surface area (Å²) in [6.45, 7) is 6.60. The van der Waals surface area contributed by atoms with Crippen LogP contribution >= 0.6 is 0 Å². The molecule has 0 saturated heterocycles. The monoisotopic (exact) mass is 338 g/mol. The zero-order chi connectivity index (χ0) is 17.6. The van der Waals surface area contributed by atoms with E-state index in [0.29, 0.717) is 5.92 Å². The number of hydrogen-bond donors (Lipinski definition) is 1. The van der Waals surface area contributed by atoms with Crippen LogP contribution in [0.1, 0.15) is 46.5 Å². The molecule has 1 heterocycles. The normalized spacial score (nSPS) is 43.0. The Kier molecular flexibility index (Phi) is 4.23. The molecule has 3 heteroatoms. The van der Waals surface area contributed by atoms with Crippen molar-refractivity contribution in [2.75, 3.05) is 0 Å². The van der Waals surface area contributed by atoms with E-state index >= 15 is 0 Å². The van der Waals surface area contributed by atoms with Gasteiger partial charge in [-0.15, -0.1) is 0 Å². The van der Waals surface area contributed by atoms with Gasteiger partial charge in [-0.25, -0.2) is 0 Å². The van der Waals surface area contributed by atoms with Crippen LogP contribution in [-0.2, 0) is 4.74 Å². The van der Waals surface area contributed by atoms with Crippen molar-refractivity contribution in [2.24, 2.45) is 34.4 Å². The number of ether oxygens (including phenoxy) is 1. The maximum Gasteiger partial charge on any atom is 0.147 e. The summed E-state index contributed by atoms with van der Waals surface area (Å²) < 4.78 is 6.54. The van der Waals surface area contributed by atoms with Gasteiger partial charge in [0.25, 0.3) is 0 Å². The van der Waals surface area contributed by atoms with Gasteiger partial charge in [0.2, 0.25) is 0 Å². The number of allylic oxidation sites excluding steroid dienone is 3. The first-order chi connectivity index (χ1) is 12.0. The van der Waals surface area contributed by atoms with Crippen molar-refractivity contribution in [2.45, 2.75) is 58.1 Å². The minimum atomic E-state index is -0.352. The summed E-state index contributed by atoms with van der Waals surface area (Å²) >= 11 is 0. The zero-order valence-electron chi connectivity index (χ0n) is 15.6. The quantitative estimate of drug-likeness (QED) is 0.752. The predicted octanol–water partition coefficient (Wildman–Crippen LogP) is 4.53. The average Bonchev–Trinajstić information content (AvgIpc) is 2.56. The summed E-state index contributed by atoms with van der Waals surface area (Å²) in [5, 5.41) is 0. The molecule has 6 unspecified atom stereocenters. The number of rotatable bonds is 2. The van der Waals surface area contributed by atoms with Crippen LogP contribution < -0.4 is 5.73 Å². The number of aliphatic imine (C=N–C) groups is 1. The van der Waals surface area contributed by atoms with Gasteiger partial charge in [-0.3, -0.25) is 4.99 Å². The standard InChI is InChI=1S/C22H30N2O/c1-4-5-18-19(23)6-7-20-21(18)24-13-22(3,25-20)17-11-15-8-14(2)9-16(10-15)12-17/h4-7,11,13-14,16-19H,8-10,12,23H2,1-3H3/b5-4-. The van der Waals surface area contributed by atoms with E-state index in [4.69, 9.17) is 15.5 Å². The van der Waals surface area contributed by atoms with Gasteiger partial charge in [0.1, 0.15) is 11.4 Å². The molecule has 4 aliphatic rings. The van der Waals surface area contributed by atoms with Crippen LogP contribution in [0.5, 0.6) is 0 Å². The maximum absolute atomic E-state index is 6.54. The van der Waals surface area contributed by atoms with Gasteiger partial charge >= 0.3 is 0 Å². The van der Waals surface area contributed by atoms with E-state index in [1.807, 2.05) is 31.4 Å². The molecule has 25 heavy (non-hydrogen) atoms. The fourth-order valence-corrected chi connectivity index (χ4v) is 5.11. The van der Waals surface area contributed by atoms with Crippen LogP contribution in [-0.4, -0.2) is 17.9 Å². The van der Waals surface area contributed by atoms with Crippen molar-refractivity contribution < 1.29 is 4.74 Å². The second kappa shape index (κ2) is 6.28. The lowest BCUT2D eigenvalue weighted by Gasteiger charge is -2.44. The molecule has 2 N–H and O–H groups in total. The van der Waals surface area contributed by atoms with Gasteiger partial charge in [0, 0.05) is 24.1 Å². The van der Waals surface area contributed by atoms with Crippen molar-refractivity contribution >= 4 is 6.21 Å². The molecule has 1 fully saturated rings. The van der Waals surface area contributed by atoms with E-state index in [-0.39, 0.29) is 17.6 Å². The number of fused-ring (bicyclic) bond motifs is 2. The Hall–Kier alpha value is -1.61. The highest BCUT2D eigenvalue weighted by molar-refractivity contribution is 5.73. The topological polar surface area (TPSA) is 47.6 Å². The van der Waals surface area contributed by atoms with Gasteiger partial charge < -0.3 is 10.5 Å². The largest absolute Gasteiger partial charge is 0.479 e. The van der Waals surface area contributed by atoms with Gasteiger partial charge in [0.05, 0.1) is 5.70 Å². The van der Waals surface area contributed by atoms with Gasteiger partial charge in [-0.1, -0.05) is 36.8 Å². The van der Waals surface area contributed by atoms with E-state index < -0.39 is 0 Å². The van der Waals surface area contributed by atoms with Crippen molar-refractivity contribution in [3.63, 3.8) is 0 Å². The molecule has 0 amide bonds. The molecule has 2 bridgehead atoms. The minimum absolute atomic E-state index is 0.0299. The van der Waals surface area contributed by atoms with E-state index in [0.717, 1.165) is 23.3 Å². The molecule has 0 spiro atoms. The minimum Gasteiger partial charge on any atom is -0.479 e. The van der Waals surface area contributed by atoms with Gasteiger partial charge in [-0.05, 0) is 57.4 Å². The molecule has 0 aromatic rings. The van der Waals surface area contributed by atoms with Crippen LogP contribution in [0.3, 0.4) is 0 Å². The molecular formula is C22H30N2O. The second-order valence-corrected chi connectivity index (χ2v) is 8.56. The Labute approximate surface area is 151 Å². The number of nitrogens with zero attached hydrogens (tertiary/aromatic N) is 1. The molecule has 0 aromatic heterocycles. The first kappa shape index (κ1) is 16.8. The third kappa shape index (κ3) is 3.03. The fraction of sp³-hybridized carbons (Fsp3) is 0.591. The SMILES string of the molecule is C/C=C\C1C2=C(C=CC1N)OC(C)(C1C=C3CC(C)CC(C3)C1)C=N2. The van der Waals surface area contributed by atoms with Crippen LogP contribution in [0, 0.1) is 23.7 Å². The fourth-order valence-electron chi connectivity index (χ4n) is 5.11. The van der Waals surface area contributed by atoms with Gasteiger partial charge in [0.15, 0.2) is 0 Å². The molecular weight excluding hydrogens is 308 g/mol. The van der Waals surface area contributed by atoms with Crippen molar-refractivity contribution in [3.05, 3.63) is 47.4 Å². The molecule has 4 rings (SSSR count). The second-order valence-electron chi connectivity index (χ2n) is 8.56.